The van der Waals surface area contributed by atoms with Gasteiger partial charge >= 0.3 is 0 Å². The van der Waals surface area contributed by atoms with Gasteiger partial charge < -0.3 is 4.90 Å². The number of amides is 3. The molecule has 1 fully saturated rings. The van der Waals surface area contributed by atoms with E-state index in [0.29, 0.717) is 12.1 Å². The van der Waals surface area contributed by atoms with Crippen LogP contribution < -0.4 is 4.90 Å². The molecule has 152 valence electrons. The van der Waals surface area contributed by atoms with E-state index in [9.17, 15) is 18.8 Å². The molecule has 0 N–H and O–H groups in total. The lowest BCUT2D eigenvalue weighted by Crippen LogP contribution is -2.55. The van der Waals surface area contributed by atoms with Crippen molar-refractivity contribution in [1.29, 1.82) is 0 Å². The van der Waals surface area contributed by atoms with Crippen LogP contribution in [0.25, 0.3) is 0 Å². The largest absolute Gasteiger partial charge is 0.321 e. The Hall–Kier alpha value is -2.54. The summed E-state index contributed by atoms with van der Waals surface area (Å²) >= 11 is 3.33. The summed E-state index contributed by atoms with van der Waals surface area (Å²) in [4.78, 5) is 41.7. The van der Waals surface area contributed by atoms with Gasteiger partial charge in [0.25, 0.3) is 11.8 Å². The van der Waals surface area contributed by atoms with Crippen LogP contribution in [0.5, 0.6) is 0 Å². The van der Waals surface area contributed by atoms with E-state index in [1.165, 1.54) is 23.1 Å². The van der Waals surface area contributed by atoms with Crippen LogP contribution in [0.2, 0.25) is 0 Å². The van der Waals surface area contributed by atoms with Crippen LogP contribution in [0.1, 0.15) is 44.0 Å². The van der Waals surface area contributed by atoms with Gasteiger partial charge in [-0.1, -0.05) is 35.0 Å². The van der Waals surface area contributed by atoms with Crippen molar-refractivity contribution in [3.8, 4) is 0 Å². The van der Waals surface area contributed by atoms with Crippen molar-refractivity contribution in [2.24, 2.45) is 0 Å². The first-order valence-corrected chi connectivity index (χ1v) is 10.2. The van der Waals surface area contributed by atoms with Gasteiger partial charge in [0, 0.05) is 10.0 Å². The number of rotatable bonds is 5. The standard InChI is InChI=1S/C22H22BrFN2O3/c1-4-22(2,3)26(20(28)16-7-5-6-8-17(16)24)18-13-19(27)25(21(18)29)15-11-9-14(23)10-12-15/h5-12,18H,4,13H2,1-3H3. The minimum atomic E-state index is -0.992. The van der Waals surface area contributed by atoms with Crippen molar-refractivity contribution >= 4 is 39.3 Å². The number of hydrogen-bond acceptors (Lipinski definition) is 3. The molecule has 3 rings (SSSR count). The zero-order valence-corrected chi connectivity index (χ0v) is 18.1. The Morgan fingerprint density at radius 3 is 2.38 bits per heavy atom. The highest BCUT2D eigenvalue weighted by Crippen LogP contribution is 2.33. The van der Waals surface area contributed by atoms with Crippen LogP contribution in [-0.4, -0.2) is 34.2 Å². The lowest BCUT2D eigenvalue weighted by molar-refractivity contribution is -0.123. The molecule has 1 aliphatic heterocycles. The molecule has 1 unspecified atom stereocenters. The van der Waals surface area contributed by atoms with Gasteiger partial charge in [0.15, 0.2) is 0 Å². The molecule has 2 aromatic rings. The highest BCUT2D eigenvalue weighted by molar-refractivity contribution is 9.10. The van der Waals surface area contributed by atoms with Crippen molar-refractivity contribution in [2.75, 3.05) is 4.90 Å². The summed E-state index contributed by atoms with van der Waals surface area (Å²) in [6.07, 6.45) is 0.391. The smallest absolute Gasteiger partial charge is 0.257 e. The highest BCUT2D eigenvalue weighted by Gasteiger charge is 2.48. The molecule has 3 amide bonds. The number of carbonyl (C=O) groups excluding carboxylic acids is 3. The number of imide groups is 1. The van der Waals surface area contributed by atoms with Crippen LogP contribution in [0, 0.1) is 5.82 Å². The van der Waals surface area contributed by atoms with E-state index >= 15 is 0 Å². The van der Waals surface area contributed by atoms with Crippen LogP contribution in [0.15, 0.2) is 53.0 Å². The third-order valence-electron chi connectivity index (χ3n) is 5.36. The van der Waals surface area contributed by atoms with E-state index in [4.69, 9.17) is 0 Å². The van der Waals surface area contributed by atoms with Crippen LogP contribution >= 0.6 is 15.9 Å². The van der Waals surface area contributed by atoms with Crippen molar-refractivity contribution in [2.45, 2.75) is 45.2 Å². The summed E-state index contributed by atoms with van der Waals surface area (Å²) in [7, 11) is 0. The molecule has 1 heterocycles. The molecule has 1 atom stereocenters. The van der Waals surface area contributed by atoms with Gasteiger partial charge in [-0.25, -0.2) is 9.29 Å². The predicted molar refractivity (Wildman–Crippen MR) is 112 cm³/mol. The van der Waals surface area contributed by atoms with E-state index in [-0.39, 0.29) is 17.9 Å². The molecular weight excluding hydrogens is 439 g/mol. The molecule has 0 radical (unpaired) electrons. The molecule has 0 aliphatic carbocycles. The second-order valence-electron chi connectivity index (χ2n) is 7.58. The lowest BCUT2D eigenvalue weighted by Gasteiger charge is -2.41. The fourth-order valence-corrected chi connectivity index (χ4v) is 3.72. The topological polar surface area (TPSA) is 57.7 Å². The molecule has 5 nitrogen and oxygen atoms in total. The number of halogens is 2. The third-order valence-corrected chi connectivity index (χ3v) is 5.89. The van der Waals surface area contributed by atoms with Gasteiger partial charge in [0.1, 0.15) is 11.9 Å². The van der Waals surface area contributed by atoms with E-state index in [2.05, 4.69) is 15.9 Å². The van der Waals surface area contributed by atoms with E-state index in [1.807, 2.05) is 20.8 Å². The van der Waals surface area contributed by atoms with E-state index in [1.54, 1.807) is 30.3 Å². The monoisotopic (exact) mass is 460 g/mol. The molecular formula is C22H22BrFN2O3. The maximum absolute atomic E-state index is 14.3. The molecule has 0 spiro atoms. The van der Waals surface area contributed by atoms with E-state index < -0.39 is 29.2 Å². The van der Waals surface area contributed by atoms with E-state index in [0.717, 1.165) is 9.37 Å². The summed E-state index contributed by atoms with van der Waals surface area (Å²) < 4.78 is 15.1. The average molecular weight is 461 g/mol. The molecule has 0 saturated carbocycles. The number of hydrogen-bond donors (Lipinski definition) is 0. The van der Waals surface area contributed by atoms with Crippen molar-refractivity contribution in [1.82, 2.24) is 4.90 Å². The Labute approximate surface area is 177 Å². The SMILES string of the molecule is CCC(C)(C)N(C(=O)c1ccccc1F)C1CC(=O)N(c2ccc(Br)cc2)C1=O. The first-order chi connectivity index (χ1) is 13.7. The zero-order valence-electron chi connectivity index (χ0n) is 16.5. The molecule has 1 aliphatic rings. The van der Waals surface area contributed by atoms with Gasteiger partial charge in [0.2, 0.25) is 5.91 Å². The number of carbonyl (C=O) groups is 3. The first kappa shape index (κ1) is 21.2. The molecule has 1 saturated heterocycles. The second kappa shape index (κ2) is 8.06. The minimum Gasteiger partial charge on any atom is -0.321 e. The second-order valence-corrected chi connectivity index (χ2v) is 8.50. The van der Waals surface area contributed by atoms with Gasteiger partial charge in [0.05, 0.1) is 17.7 Å². The predicted octanol–water partition coefficient (Wildman–Crippen LogP) is 4.55. The fraction of sp³-hybridized carbons (Fsp3) is 0.318. The molecule has 29 heavy (non-hydrogen) atoms. The Morgan fingerprint density at radius 2 is 1.79 bits per heavy atom. The number of nitrogens with zero attached hydrogens (tertiary/aromatic N) is 2. The summed E-state index contributed by atoms with van der Waals surface area (Å²) in [5.41, 5.74) is -0.426. The highest BCUT2D eigenvalue weighted by atomic mass is 79.9. The van der Waals surface area contributed by atoms with Crippen LogP contribution in [0.4, 0.5) is 10.1 Å². The Kier molecular flexibility index (Phi) is 5.89. The third kappa shape index (κ3) is 3.96. The zero-order chi connectivity index (χ0) is 21.3. The number of anilines is 1. The normalized spacial score (nSPS) is 17.0. The minimum absolute atomic E-state index is 0.114. The van der Waals surface area contributed by atoms with Gasteiger partial charge in [-0.3, -0.25) is 14.4 Å². The fourth-order valence-electron chi connectivity index (χ4n) is 3.45. The summed E-state index contributed by atoms with van der Waals surface area (Å²) in [6.45, 7) is 5.51. The quantitative estimate of drug-likeness (QED) is 0.614. The molecule has 7 heteroatoms. The van der Waals surface area contributed by atoms with Gasteiger partial charge in [-0.05, 0) is 56.7 Å². The Bertz CT molecular complexity index is 959. The van der Waals surface area contributed by atoms with Crippen molar-refractivity contribution < 1.29 is 18.8 Å². The first-order valence-electron chi connectivity index (χ1n) is 9.38. The molecule has 0 aromatic heterocycles. The van der Waals surface area contributed by atoms with Gasteiger partial charge in [-0.2, -0.15) is 0 Å². The maximum atomic E-state index is 14.3. The maximum Gasteiger partial charge on any atom is 0.257 e. The summed E-state index contributed by atoms with van der Waals surface area (Å²) in [5.74, 6) is -2.13. The summed E-state index contributed by atoms with van der Waals surface area (Å²) in [6, 6.07) is 11.5. The number of benzene rings is 2. The summed E-state index contributed by atoms with van der Waals surface area (Å²) in [5, 5.41) is 0. The van der Waals surface area contributed by atoms with Crippen molar-refractivity contribution in [3.63, 3.8) is 0 Å². The van der Waals surface area contributed by atoms with Crippen molar-refractivity contribution in [3.05, 3.63) is 64.4 Å². The van der Waals surface area contributed by atoms with Gasteiger partial charge in [-0.15, -0.1) is 0 Å². The van der Waals surface area contributed by atoms with Crippen LogP contribution in [-0.2, 0) is 9.59 Å². The molecule has 2 aromatic carbocycles. The Morgan fingerprint density at radius 1 is 1.17 bits per heavy atom. The van der Waals surface area contributed by atoms with Crippen LogP contribution in [0.3, 0.4) is 0 Å². The Balaban J connectivity index is 2.02. The average Bonchev–Trinajstić information content (AvgIpc) is 2.96. The lowest BCUT2D eigenvalue weighted by atomic mass is 9.94. The molecule has 0 bridgehead atoms.